The highest BCUT2D eigenvalue weighted by atomic mass is 79.9. The Bertz CT molecular complexity index is 655. The van der Waals surface area contributed by atoms with E-state index in [-0.39, 0.29) is 5.91 Å². The third-order valence-electron chi connectivity index (χ3n) is 3.30. The number of carbonyl (C=O) groups excluding carboxylic acids is 1. The highest BCUT2D eigenvalue weighted by Gasteiger charge is 2.06. The van der Waals surface area contributed by atoms with Crippen molar-refractivity contribution in [3.63, 3.8) is 0 Å². The average molecular weight is 362 g/mol. The van der Waals surface area contributed by atoms with Crippen molar-refractivity contribution in [1.82, 2.24) is 0 Å². The zero-order valence-corrected chi connectivity index (χ0v) is 14.4. The highest BCUT2D eigenvalue weighted by Crippen LogP contribution is 2.23. The lowest BCUT2D eigenvalue weighted by atomic mass is 10.2. The third kappa shape index (κ3) is 4.88. The zero-order chi connectivity index (χ0) is 15.9. The number of benzene rings is 2. The summed E-state index contributed by atoms with van der Waals surface area (Å²) in [7, 11) is 0. The number of anilines is 1. The van der Waals surface area contributed by atoms with Crippen molar-refractivity contribution >= 4 is 27.5 Å². The van der Waals surface area contributed by atoms with E-state index in [0.29, 0.717) is 19.4 Å². The van der Waals surface area contributed by atoms with Gasteiger partial charge in [0, 0.05) is 10.9 Å². The van der Waals surface area contributed by atoms with Gasteiger partial charge in [0.15, 0.2) is 0 Å². The molecule has 0 aliphatic heterocycles. The highest BCUT2D eigenvalue weighted by molar-refractivity contribution is 9.10. The molecule has 0 saturated heterocycles. The monoisotopic (exact) mass is 361 g/mol. The molecule has 4 heteroatoms. The van der Waals surface area contributed by atoms with Crippen LogP contribution in [0.3, 0.4) is 0 Å². The second-order valence-electron chi connectivity index (χ2n) is 5.25. The molecular weight excluding hydrogens is 342 g/mol. The fraction of sp³-hybridized carbons (Fsp3) is 0.278. The summed E-state index contributed by atoms with van der Waals surface area (Å²) in [5.74, 6) is 0.877. The number of rotatable bonds is 6. The predicted octanol–water partition coefficient (Wildman–Crippen LogP) is 4.86. The van der Waals surface area contributed by atoms with E-state index in [1.165, 1.54) is 0 Å². The second-order valence-corrected chi connectivity index (χ2v) is 6.10. The van der Waals surface area contributed by atoms with Crippen molar-refractivity contribution in [2.45, 2.75) is 26.7 Å². The molecule has 1 N–H and O–H groups in total. The molecule has 0 radical (unpaired) electrons. The number of nitrogens with one attached hydrogen (secondary N) is 1. The van der Waals surface area contributed by atoms with Crippen LogP contribution in [0.1, 0.15) is 24.0 Å². The van der Waals surface area contributed by atoms with Gasteiger partial charge in [-0.2, -0.15) is 0 Å². The van der Waals surface area contributed by atoms with Crippen LogP contribution in [0.5, 0.6) is 5.75 Å². The molecule has 0 aliphatic rings. The Morgan fingerprint density at radius 3 is 2.68 bits per heavy atom. The lowest BCUT2D eigenvalue weighted by Crippen LogP contribution is -2.13. The number of para-hydroxylation sites is 1. The van der Waals surface area contributed by atoms with Gasteiger partial charge in [-0.25, -0.2) is 0 Å². The van der Waals surface area contributed by atoms with Gasteiger partial charge in [-0.15, -0.1) is 0 Å². The lowest BCUT2D eigenvalue weighted by molar-refractivity contribution is -0.116. The number of aryl methyl sites for hydroxylation is 2. The quantitative estimate of drug-likeness (QED) is 0.745. The van der Waals surface area contributed by atoms with Crippen LogP contribution in [-0.2, 0) is 4.79 Å². The Hall–Kier alpha value is -1.81. The van der Waals surface area contributed by atoms with Gasteiger partial charge in [0.2, 0.25) is 5.91 Å². The summed E-state index contributed by atoms with van der Waals surface area (Å²) in [6, 6.07) is 13.7. The Balaban J connectivity index is 1.75. The molecule has 0 unspecified atom stereocenters. The van der Waals surface area contributed by atoms with E-state index in [0.717, 1.165) is 27.0 Å². The molecule has 0 atom stereocenters. The van der Waals surface area contributed by atoms with Gasteiger partial charge in [-0.3, -0.25) is 4.79 Å². The van der Waals surface area contributed by atoms with Crippen molar-refractivity contribution in [3.05, 3.63) is 58.1 Å². The second kappa shape index (κ2) is 7.99. The first-order valence-corrected chi connectivity index (χ1v) is 8.10. The maximum absolute atomic E-state index is 11.9. The summed E-state index contributed by atoms with van der Waals surface area (Å²) in [6.45, 7) is 4.56. The van der Waals surface area contributed by atoms with Crippen molar-refractivity contribution in [2.24, 2.45) is 0 Å². The van der Waals surface area contributed by atoms with E-state index < -0.39 is 0 Å². The SMILES string of the molecule is Cc1ccc(NC(=O)CCCOc2ccccc2C)c(Br)c1. The summed E-state index contributed by atoms with van der Waals surface area (Å²) in [6.07, 6.45) is 1.12. The van der Waals surface area contributed by atoms with Crippen LogP contribution in [0.4, 0.5) is 5.69 Å². The molecule has 0 bridgehead atoms. The summed E-state index contributed by atoms with van der Waals surface area (Å²) in [5.41, 5.74) is 3.06. The van der Waals surface area contributed by atoms with Crippen molar-refractivity contribution in [3.8, 4) is 5.75 Å². The molecular formula is C18H20BrNO2. The summed E-state index contributed by atoms with van der Waals surface area (Å²) < 4.78 is 6.59. The maximum Gasteiger partial charge on any atom is 0.224 e. The molecule has 1 amide bonds. The smallest absolute Gasteiger partial charge is 0.224 e. The van der Waals surface area contributed by atoms with Gasteiger partial charge in [0.1, 0.15) is 5.75 Å². The standard InChI is InChI=1S/C18H20BrNO2/c1-13-9-10-16(15(19)12-13)20-18(21)8-5-11-22-17-7-4-3-6-14(17)2/h3-4,6-7,9-10,12H,5,8,11H2,1-2H3,(H,20,21). The number of carbonyl (C=O) groups is 1. The normalized spacial score (nSPS) is 10.3. The van der Waals surface area contributed by atoms with Gasteiger partial charge in [-0.1, -0.05) is 24.3 Å². The first-order chi connectivity index (χ1) is 10.6. The number of hydrogen-bond donors (Lipinski definition) is 1. The maximum atomic E-state index is 11.9. The van der Waals surface area contributed by atoms with E-state index in [4.69, 9.17) is 4.74 Å². The topological polar surface area (TPSA) is 38.3 Å². The van der Waals surface area contributed by atoms with Crippen molar-refractivity contribution in [2.75, 3.05) is 11.9 Å². The number of ether oxygens (including phenoxy) is 1. The van der Waals surface area contributed by atoms with Crippen LogP contribution >= 0.6 is 15.9 Å². The van der Waals surface area contributed by atoms with E-state index in [9.17, 15) is 4.79 Å². The van der Waals surface area contributed by atoms with E-state index >= 15 is 0 Å². The van der Waals surface area contributed by atoms with E-state index in [1.807, 2.05) is 56.3 Å². The van der Waals surface area contributed by atoms with E-state index in [2.05, 4.69) is 21.2 Å². The molecule has 22 heavy (non-hydrogen) atoms. The Morgan fingerprint density at radius 2 is 1.95 bits per heavy atom. The molecule has 0 fully saturated rings. The molecule has 116 valence electrons. The molecule has 0 aliphatic carbocycles. The Morgan fingerprint density at radius 1 is 1.18 bits per heavy atom. The average Bonchev–Trinajstić information content (AvgIpc) is 2.48. The van der Waals surface area contributed by atoms with E-state index in [1.54, 1.807) is 0 Å². The van der Waals surface area contributed by atoms with Gasteiger partial charge in [-0.05, 0) is 65.5 Å². The molecule has 0 saturated carbocycles. The number of amides is 1. The van der Waals surface area contributed by atoms with Crippen LogP contribution in [-0.4, -0.2) is 12.5 Å². The minimum Gasteiger partial charge on any atom is -0.493 e. The first kappa shape index (κ1) is 16.6. The molecule has 3 nitrogen and oxygen atoms in total. The van der Waals surface area contributed by atoms with Gasteiger partial charge in [0.05, 0.1) is 12.3 Å². The first-order valence-electron chi connectivity index (χ1n) is 7.30. The predicted molar refractivity (Wildman–Crippen MR) is 93.4 cm³/mol. The van der Waals surface area contributed by atoms with Crippen LogP contribution < -0.4 is 10.1 Å². The third-order valence-corrected chi connectivity index (χ3v) is 3.95. The summed E-state index contributed by atoms with van der Waals surface area (Å²) >= 11 is 3.46. The minimum absolute atomic E-state index is 0.00191. The number of hydrogen-bond acceptors (Lipinski definition) is 2. The largest absolute Gasteiger partial charge is 0.493 e. The lowest BCUT2D eigenvalue weighted by Gasteiger charge is -2.10. The fourth-order valence-corrected chi connectivity index (χ4v) is 2.66. The fourth-order valence-electron chi connectivity index (χ4n) is 2.07. The van der Waals surface area contributed by atoms with Crippen molar-refractivity contribution < 1.29 is 9.53 Å². The molecule has 0 aromatic heterocycles. The molecule has 2 aromatic carbocycles. The molecule has 2 rings (SSSR count). The summed E-state index contributed by atoms with van der Waals surface area (Å²) in [5, 5.41) is 2.91. The van der Waals surface area contributed by atoms with Crippen LogP contribution in [0, 0.1) is 13.8 Å². The van der Waals surface area contributed by atoms with Crippen LogP contribution in [0.15, 0.2) is 46.9 Å². The number of halogens is 1. The Labute approximate surface area is 139 Å². The van der Waals surface area contributed by atoms with Gasteiger partial charge in [0.25, 0.3) is 0 Å². The molecule has 0 heterocycles. The zero-order valence-electron chi connectivity index (χ0n) is 12.9. The Kier molecular flexibility index (Phi) is 6.01. The molecule has 2 aromatic rings. The minimum atomic E-state index is -0.00191. The van der Waals surface area contributed by atoms with Crippen molar-refractivity contribution in [1.29, 1.82) is 0 Å². The van der Waals surface area contributed by atoms with Gasteiger partial charge >= 0.3 is 0 Å². The van der Waals surface area contributed by atoms with Crippen LogP contribution in [0.2, 0.25) is 0 Å². The van der Waals surface area contributed by atoms with Crippen LogP contribution in [0.25, 0.3) is 0 Å². The van der Waals surface area contributed by atoms with Gasteiger partial charge < -0.3 is 10.1 Å². The molecule has 0 spiro atoms. The summed E-state index contributed by atoms with van der Waals surface area (Å²) in [4.78, 5) is 11.9.